The van der Waals surface area contributed by atoms with Gasteiger partial charge in [-0.05, 0) is 36.1 Å². The molecule has 0 fully saturated rings. The van der Waals surface area contributed by atoms with Gasteiger partial charge in [-0.3, -0.25) is 0 Å². The van der Waals surface area contributed by atoms with E-state index in [1.165, 1.54) is 11.1 Å². The van der Waals surface area contributed by atoms with Crippen LogP contribution >= 0.6 is 0 Å². The van der Waals surface area contributed by atoms with Crippen molar-refractivity contribution in [1.29, 1.82) is 0 Å². The van der Waals surface area contributed by atoms with E-state index in [-0.39, 0.29) is 12.5 Å². The summed E-state index contributed by atoms with van der Waals surface area (Å²) in [6, 6.07) is 18.3. The Hall–Kier alpha value is -1.80. The standard InChI is InChI=1S/C17H20O2/c1-19-17-11-9-15(10-12-17)16(13-18)8-7-14-5-3-2-4-6-14/h2-6,9-12,16,18H,7-8,13H2,1H3. The van der Waals surface area contributed by atoms with Gasteiger partial charge in [-0.1, -0.05) is 42.5 Å². The molecule has 0 aliphatic heterocycles. The van der Waals surface area contributed by atoms with Gasteiger partial charge in [0.15, 0.2) is 0 Å². The quantitative estimate of drug-likeness (QED) is 0.858. The average molecular weight is 256 g/mol. The van der Waals surface area contributed by atoms with Gasteiger partial charge in [0.25, 0.3) is 0 Å². The van der Waals surface area contributed by atoms with Crippen molar-refractivity contribution in [2.24, 2.45) is 0 Å². The Balaban J connectivity index is 1.99. The highest BCUT2D eigenvalue weighted by Crippen LogP contribution is 2.23. The van der Waals surface area contributed by atoms with Crippen molar-refractivity contribution < 1.29 is 9.84 Å². The molecule has 0 amide bonds. The van der Waals surface area contributed by atoms with Crippen LogP contribution in [0.5, 0.6) is 5.75 Å². The van der Waals surface area contributed by atoms with Crippen molar-refractivity contribution in [3.8, 4) is 5.75 Å². The predicted octanol–water partition coefficient (Wildman–Crippen LogP) is 3.40. The van der Waals surface area contributed by atoms with E-state index in [1.54, 1.807) is 7.11 Å². The fourth-order valence-corrected chi connectivity index (χ4v) is 2.23. The molecule has 1 unspecified atom stereocenters. The lowest BCUT2D eigenvalue weighted by molar-refractivity contribution is 0.259. The molecule has 0 aromatic heterocycles. The summed E-state index contributed by atoms with van der Waals surface area (Å²) < 4.78 is 5.15. The Morgan fingerprint density at radius 1 is 1.00 bits per heavy atom. The molecule has 0 bridgehead atoms. The highest BCUT2D eigenvalue weighted by Gasteiger charge is 2.10. The highest BCUT2D eigenvalue weighted by molar-refractivity contribution is 5.29. The van der Waals surface area contributed by atoms with Gasteiger partial charge >= 0.3 is 0 Å². The van der Waals surface area contributed by atoms with Gasteiger partial charge in [0.05, 0.1) is 7.11 Å². The Morgan fingerprint density at radius 2 is 1.68 bits per heavy atom. The number of rotatable bonds is 6. The third-order valence-electron chi connectivity index (χ3n) is 3.43. The van der Waals surface area contributed by atoms with Gasteiger partial charge in [-0.25, -0.2) is 0 Å². The van der Waals surface area contributed by atoms with Crippen molar-refractivity contribution >= 4 is 0 Å². The van der Waals surface area contributed by atoms with Crippen LogP contribution in [0.15, 0.2) is 54.6 Å². The maximum absolute atomic E-state index is 9.55. The minimum Gasteiger partial charge on any atom is -0.497 e. The number of benzene rings is 2. The molecule has 0 aliphatic carbocycles. The second-order valence-electron chi connectivity index (χ2n) is 4.68. The van der Waals surface area contributed by atoms with Crippen molar-refractivity contribution in [3.05, 3.63) is 65.7 Å². The highest BCUT2D eigenvalue weighted by atomic mass is 16.5. The minimum absolute atomic E-state index is 0.180. The maximum Gasteiger partial charge on any atom is 0.118 e. The lowest BCUT2D eigenvalue weighted by Crippen LogP contribution is -2.05. The molecule has 2 rings (SSSR count). The summed E-state index contributed by atoms with van der Waals surface area (Å²) in [7, 11) is 1.66. The van der Waals surface area contributed by atoms with E-state index in [0.717, 1.165) is 18.6 Å². The molecule has 0 saturated heterocycles. The van der Waals surface area contributed by atoms with Crippen LogP contribution in [0.4, 0.5) is 0 Å². The normalized spacial score (nSPS) is 12.1. The fraction of sp³-hybridized carbons (Fsp3) is 0.294. The molecule has 2 nitrogen and oxygen atoms in total. The van der Waals surface area contributed by atoms with Crippen LogP contribution < -0.4 is 4.74 Å². The molecule has 2 aromatic carbocycles. The second-order valence-corrected chi connectivity index (χ2v) is 4.68. The first kappa shape index (κ1) is 13.6. The molecule has 2 heteroatoms. The molecular formula is C17H20O2. The van der Waals surface area contributed by atoms with E-state index in [0.29, 0.717) is 0 Å². The first-order valence-electron chi connectivity index (χ1n) is 6.62. The molecule has 0 aliphatic rings. The zero-order valence-corrected chi connectivity index (χ0v) is 11.3. The lowest BCUT2D eigenvalue weighted by atomic mass is 9.93. The van der Waals surface area contributed by atoms with Crippen LogP contribution in [-0.4, -0.2) is 18.8 Å². The van der Waals surface area contributed by atoms with Gasteiger partial charge in [0.1, 0.15) is 5.75 Å². The first-order valence-corrected chi connectivity index (χ1v) is 6.62. The summed E-state index contributed by atoms with van der Waals surface area (Å²) >= 11 is 0. The number of ether oxygens (including phenoxy) is 1. The smallest absolute Gasteiger partial charge is 0.118 e. The zero-order chi connectivity index (χ0) is 13.5. The van der Waals surface area contributed by atoms with Crippen molar-refractivity contribution in [2.75, 3.05) is 13.7 Å². The SMILES string of the molecule is COc1ccc(C(CO)CCc2ccccc2)cc1. The van der Waals surface area contributed by atoms with Gasteiger partial charge in [0, 0.05) is 12.5 Å². The summed E-state index contributed by atoms with van der Waals surface area (Å²) in [6.45, 7) is 0.180. The summed E-state index contributed by atoms with van der Waals surface area (Å²) in [6.07, 6.45) is 1.94. The Bertz CT molecular complexity index is 476. The lowest BCUT2D eigenvalue weighted by Gasteiger charge is -2.15. The van der Waals surface area contributed by atoms with Crippen molar-refractivity contribution in [2.45, 2.75) is 18.8 Å². The van der Waals surface area contributed by atoms with Crippen LogP contribution in [-0.2, 0) is 6.42 Å². The van der Waals surface area contributed by atoms with Crippen LogP contribution in [0.25, 0.3) is 0 Å². The number of hydrogen-bond donors (Lipinski definition) is 1. The molecular weight excluding hydrogens is 236 g/mol. The summed E-state index contributed by atoms with van der Waals surface area (Å²) in [4.78, 5) is 0. The second kappa shape index (κ2) is 6.95. The van der Waals surface area contributed by atoms with Crippen molar-refractivity contribution in [1.82, 2.24) is 0 Å². The zero-order valence-electron chi connectivity index (χ0n) is 11.3. The van der Waals surface area contributed by atoms with Crippen LogP contribution in [0.2, 0.25) is 0 Å². The first-order chi connectivity index (χ1) is 9.33. The molecule has 19 heavy (non-hydrogen) atoms. The van der Waals surface area contributed by atoms with E-state index in [9.17, 15) is 5.11 Å². The number of aliphatic hydroxyl groups is 1. The molecule has 100 valence electrons. The van der Waals surface area contributed by atoms with Crippen LogP contribution in [0, 0.1) is 0 Å². The van der Waals surface area contributed by atoms with Crippen LogP contribution in [0.1, 0.15) is 23.5 Å². The molecule has 0 heterocycles. The van der Waals surface area contributed by atoms with Gasteiger partial charge < -0.3 is 9.84 Å². The summed E-state index contributed by atoms with van der Waals surface area (Å²) in [5.41, 5.74) is 2.48. The largest absolute Gasteiger partial charge is 0.497 e. The molecule has 0 spiro atoms. The maximum atomic E-state index is 9.55. The Labute approximate surface area is 114 Å². The van der Waals surface area contributed by atoms with Gasteiger partial charge in [0.2, 0.25) is 0 Å². The topological polar surface area (TPSA) is 29.5 Å². The third-order valence-corrected chi connectivity index (χ3v) is 3.43. The molecule has 1 atom stereocenters. The third kappa shape index (κ3) is 3.83. The number of aryl methyl sites for hydroxylation is 1. The molecule has 1 N–H and O–H groups in total. The predicted molar refractivity (Wildman–Crippen MR) is 77.6 cm³/mol. The van der Waals surface area contributed by atoms with E-state index in [4.69, 9.17) is 4.74 Å². The van der Waals surface area contributed by atoms with Crippen molar-refractivity contribution in [3.63, 3.8) is 0 Å². The summed E-state index contributed by atoms with van der Waals surface area (Å²) in [5, 5.41) is 9.55. The van der Waals surface area contributed by atoms with E-state index < -0.39 is 0 Å². The Morgan fingerprint density at radius 3 is 2.26 bits per heavy atom. The minimum atomic E-state index is 0.180. The van der Waals surface area contributed by atoms with Gasteiger partial charge in [-0.2, -0.15) is 0 Å². The number of hydrogen-bond acceptors (Lipinski definition) is 2. The number of aliphatic hydroxyl groups excluding tert-OH is 1. The molecule has 0 radical (unpaired) electrons. The fourth-order valence-electron chi connectivity index (χ4n) is 2.23. The van der Waals surface area contributed by atoms with E-state index >= 15 is 0 Å². The van der Waals surface area contributed by atoms with Crippen LogP contribution in [0.3, 0.4) is 0 Å². The molecule has 0 saturated carbocycles. The Kier molecular flexibility index (Phi) is 4.99. The van der Waals surface area contributed by atoms with E-state index in [1.807, 2.05) is 30.3 Å². The average Bonchev–Trinajstić information content (AvgIpc) is 2.49. The molecule has 2 aromatic rings. The monoisotopic (exact) mass is 256 g/mol. The summed E-state index contributed by atoms with van der Waals surface area (Å²) in [5.74, 6) is 1.04. The van der Waals surface area contributed by atoms with Gasteiger partial charge in [-0.15, -0.1) is 0 Å². The van der Waals surface area contributed by atoms with E-state index in [2.05, 4.69) is 24.3 Å². The number of methoxy groups -OCH3 is 1.